The van der Waals surface area contributed by atoms with Crippen LogP contribution in [-0.2, 0) is 4.74 Å². The molecule has 0 spiro atoms. The molecule has 4 aromatic rings. The van der Waals surface area contributed by atoms with Crippen LogP contribution in [0.3, 0.4) is 0 Å². The van der Waals surface area contributed by atoms with Gasteiger partial charge in [-0.15, -0.1) is 0 Å². The van der Waals surface area contributed by atoms with Crippen LogP contribution >= 0.6 is 0 Å². The molecule has 164 valence electrons. The Kier molecular flexibility index (Phi) is 5.59. The van der Waals surface area contributed by atoms with Crippen molar-refractivity contribution in [1.29, 1.82) is 5.26 Å². The smallest absolute Gasteiger partial charge is 0.255 e. The molecule has 0 bridgehead atoms. The summed E-state index contributed by atoms with van der Waals surface area (Å²) in [6, 6.07) is 20.5. The van der Waals surface area contributed by atoms with Crippen molar-refractivity contribution >= 4 is 22.5 Å². The number of aromatic nitrogens is 2. The number of hydrogen-bond donors (Lipinski definition) is 1. The van der Waals surface area contributed by atoms with E-state index in [0.717, 1.165) is 35.7 Å². The lowest BCUT2D eigenvalue weighted by atomic mass is 10.0. The number of nitrogens with zero attached hydrogens (tertiary/aromatic N) is 3. The Balaban J connectivity index is 1.52. The van der Waals surface area contributed by atoms with Crippen LogP contribution in [0.15, 0.2) is 66.7 Å². The van der Waals surface area contributed by atoms with E-state index in [4.69, 9.17) is 9.84 Å². The summed E-state index contributed by atoms with van der Waals surface area (Å²) < 4.78 is 21.0. The van der Waals surface area contributed by atoms with Crippen LogP contribution in [0.2, 0.25) is 0 Å². The summed E-state index contributed by atoms with van der Waals surface area (Å²) in [5.41, 5.74) is 3.93. The molecule has 1 aliphatic heterocycles. The Morgan fingerprint density at radius 2 is 1.97 bits per heavy atom. The second-order valence-electron chi connectivity index (χ2n) is 8.00. The summed E-state index contributed by atoms with van der Waals surface area (Å²) in [6.45, 7) is 0.697. The van der Waals surface area contributed by atoms with E-state index >= 15 is 0 Å². The van der Waals surface area contributed by atoms with Crippen LogP contribution in [0.1, 0.15) is 41.4 Å². The molecule has 1 aromatic heterocycles. The number of rotatable bonds is 4. The zero-order chi connectivity index (χ0) is 22.8. The van der Waals surface area contributed by atoms with Crippen LogP contribution in [0.4, 0.5) is 10.1 Å². The van der Waals surface area contributed by atoms with Crippen molar-refractivity contribution in [3.05, 3.63) is 83.7 Å². The van der Waals surface area contributed by atoms with E-state index in [-0.39, 0.29) is 12.1 Å². The van der Waals surface area contributed by atoms with Crippen LogP contribution in [0.5, 0.6) is 0 Å². The molecule has 7 heteroatoms. The molecule has 1 N–H and O–H groups in total. The SMILES string of the molecule is N#Cc1ccc2c(c1)c(-c1cccc(NC(=O)c3ccc(F)cc3)c1)nn2C1CCCCO1. The van der Waals surface area contributed by atoms with Gasteiger partial charge in [0.1, 0.15) is 11.5 Å². The molecule has 2 heterocycles. The van der Waals surface area contributed by atoms with Gasteiger partial charge in [0, 0.05) is 28.8 Å². The number of benzene rings is 3. The molecule has 1 fully saturated rings. The van der Waals surface area contributed by atoms with Gasteiger partial charge in [0.25, 0.3) is 5.91 Å². The Morgan fingerprint density at radius 3 is 2.73 bits per heavy atom. The highest BCUT2D eigenvalue weighted by molar-refractivity contribution is 6.04. The highest BCUT2D eigenvalue weighted by Crippen LogP contribution is 2.34. The summed E-state index contributed by atoms with van der Waals surface area (Å²) in [4.78, 5) is 12.6. The standard InChI is InChI=1S/C26H21FN4O2/c27-20-10-8-18(9-11-20)26(32)29-21-5-3-4-19(15-21)25-22-14-17(16-28)7-12-23(22)31(30-25)24-6-1-2-13-33-24/h3-5,7-12,14-15,24H,1-2,6,13H2,(H,29,32). The number of amides is 1. The van der Waals surface area contributed by atoms with Gasteiger partial charge in [-0.2, -0.15) is 10.4 Å². The maximum absolute atomic E-state index is 13.2. The average Bonchev–Trinajstić information content (AvgIpc) is 3.24. The third-order valence-corrected chi connectivity index (χ3v) is 5.76. The third-order valence-electron chi connectivity index (χ3n) is 5.76. The lowest BCUT2D eigenvalue weighted by Crippen LogP contribution is -2.19. The van der Waals surface area contributed by atoms with Gasteiger partial charge in [0.15, 0.2) is 6.23 Å². The van der Waals surface area contributed by atoms with Gasteiger partial charge in [-0.1, -0.05) is 12.1 Å². The summed E-state index contributed by atoms with van der Waals surface area (Å²) in [7, 11) is 0. The Labute approximate surface area is 190 Å². The minimum atomic E-state index is -0.394. The third kappa shape index (κ3) is 4.21. The van der Waals surface area contributed by atoms with E-state index in [0.29, 0.717) is 29.1 Å². The van der Waals surface area contributed by atoms with Crippen LogP contribution in [-0.4, -0.2) is 22.3 Å². The van der Waals surface area contributed by atoms with Gasteiger partial charge < -0.3 is 10.1 Å². The molecule has 3 aromatic carbocycles. The van der Waals surface area contributed by atoms with Crippen molar-refractivity contribution in [2.24, 2.45) is 0 Å². The summed E-state index contributed by atoms with van der Waals surface area (Å²) in [6.07, 6.45) is 2.84. The Bertz CT molecular complexity index is 1370. The quantitative estimate of drug-likeness (QED) is 0.444. The molecule has 1 amide bonds. The topological polar surface area (TPSA) is 79.9 Å². The van der Waals surface area contributed by atoms with Crippen LogP contribution in [0, 0.1) is 17.1 Å². The Hall–Kier alpha value is -4.02. The summed E-state index contributed by atoms with van der Waals surface area (Å²) >= 11 is 0. The first kappa shape index (κ1) is 20.9. The second kappa shape index (κ2) is 8.85. The molecule has 0 saturated carbocycles. The number of carbonyl (C=O) groups is 1. The van der Waals surface area contributed by atoms with Gasteiger partial charge in [-0.3, -0.25) is 4.79 Å². The molecule has 1 aliphatic rings. The number of fused-ring (bicyclic) bond motifs is 1. The maximum atomic E-state index is 13.2. The zero-order valence-electron chi connectivity index (χ0n) is 17.8. The number of ether oxygens (including phenoxy) is 1. The Morgan fingerprint density at radius 1 is 1.12 bits per heavy atom. The van der Waals surface area contributed by atoms with Crippen molar-refractivity contribution < 1.29 is 13.9 Å². The predicted molar refractivity (Wildman–Crippen MR) is 123 cm³/mol. The molecule has 1 atom stereocenters. The van der Waals surface area contributed by atoms with E-state index in [1.807, 2.05) is 35.0 Å². The zero-order valence-corrected chi connectivity index (χ0v) is 17.8. The first-order valence-electron chi connectivity index (χ1n) is 10.8. The largest absolute Gasteiger partial charge is 0.356 e. The first-order chi connectivity index (χ1) is 16.1. The van der Waals surface area contributed by atoms with Gasteiger partial charge in [-0.25, -0.2) is 9.07 Å². The van der Waals surface area contributed by atoms with Crippen molar-refractivity contribution in [3.8, 4) is 17.3 Å². The van der Waals surface area contributed by atoms with Crippen molar-refractivity contribution in [3.63, 3.8) is 0 Å². The lowest BCUT2D eigenvalue weighted by Gasteiger charge is -2.23. The van der Waals surface area contributed by atoms with E-state index in [9.17, 15) is 14.4 Å². The fourth-order valence-electron chi connectivity index (χ4n) is 4.11. The van der Waals surface area contributed by atoms with Crippen molar-refractivity contribution in [1.82, 2.24) is 9.78 Å². The molecule has 5 rings (SSSR count). The average molecular weight is 440 g/mol. The number of nitriles is 1. The minimum absolute atomic E-state index is 0.149. The van der Waals surface area contributed by atoms with E-state index < -0.39 is 5.82 Å². The van der Waals surface area contributed by atoms with Crippen molar-refractivity contribution in [2.45, 2.75) is 25.5 Å². The molecule has 1 unspecified atom stereocenters. The van der Waals surface area contributed by atoms with Crippen LogP contribution in [0.25, 0.3) is 22.2 Å². The molecular formula is C26H21FN4O2. The van der Waals surface area contributed by atoms with Gasteiger partial charge in [-0.05, 0) is 73.9 Å². The predicted octanol–water partition coefficient (Wildman–Crippen LogP) is 5.67. The second-order valence-corrected chi connectivity index (χ2v) is 8.00. The van der Waals surface area contributed by atoms with Gasteiger partial charge in [0.2, 0.25) is 0 Å². The minimum Gasteiger partial charge on any atom is -0.356 e. The molecule has 0 aliphatic carbocycles. The molecule has 1 saturated heterocycles. The van der Waals surface area contributed by atoms with Crippen LogP contribution < -0.4 is 5.32 Å². The fraction of sp³-hybridized carbons (Fsp3) is 0.192. The highest BCUT2D eigenvalue weighted by atomic mass is 19.1. The maximum Gasteiger partial charge on any atom is 0.255 e. The molecule has 0 radical (unpaired) electrons. The highest BCUT2D eigenvalue weighted by Gasteiger charge is 2.22. The number of halogens is 1. The van der Waals surface area contributed by atoms with E-state index in [1.165, 1.54) is 24.3 Å². The molecular weight excluding hydrogens is 419 g/mol. The van der Waals surface area contributed by atoms with Gasteiger partial charge in [0.05, 0.1) is 17.1 Å². The summed E-state index contributed by atoms with van der Waals surface area (Å²) in [5, 5.41) is 18.0. The number of carbonyl (C=O) groups excluding carboxylic acids is 1. The molecule has 6 nitrogen and oxygen atoms in total. The lowest BCUT2D eigenvalue weighted by molar-refractivity contribution is -0.0365. The normalized spacial score (nSPS) is 15.8. The summed E-state index contributed by atoms with van der Waals surface area (Å²) in [5.74, 6) is -0.723. The number of hydrogen-bond acceptors (Lipinski definition) is 4. The first-order valence-corrected chi connectivity index (χ1v) is 10.8. The number of anilines is 1. The monoisotopic (exact) mass is 440 g/mol. The van der Waals surface area contributed by atoms with Gasteiger partial charge >= 0.3 is 0 Å². The van der Waals surface area contributed by atoms with Crippen molar-refractivity contribution in [2.75, 3.05) is 11.9 Å². The van der Waals surface area contributed by atoms with E-state index in [1.54, 1.807) is 12.1 Å². The fourth-order valence-corrected chi connectivity index (χ4v) is 4.11. The number of nitrogens with one attached hydrogen (secondary N) is 1. The molecule has 33 heavy (non-hydrogen) atoms. The van der Waals surface area contributed by atoms with E-state index in [2.05, 4.69) is 11.4 Å².